The van der Waals surface area contributed by atoms with E-state index in [0.717, 1.165) is 11.4 Å². The largest absolute Gasteiger partial charge is 0.340 e. The molecule has 0 unspecified atom stereocenters. The van der Waals surface area contributed by atoms with E-state index in [-0.39, 0.29) is 5.78 Å². The van der Waals surface area contributed by atoms with Gasteiger partial charge in [0.1, 0.15) is 17.5 Å². The van der Waals surface area contributed by atoms with Gasteiger partial charge in [-0.15, -0.1) is 0 Å². The molecule has 0 spiro atoms. The fourth-order valence-corrected chi connectivity index (χ4v) is 2.56. The lowest BCUT2D eigenvalue weighted by Crippen LogP contribution is -2.02. The number of benzene rings is 2. The van der Waals surface area contributed by atoms with Crippen LogP contribution in [-0.2, 0) is 0 Å². The van der Waals surface area contributed by atoms with Crippen molar-refractivity contribution in [1.29, 1.82) is 0 Å². The number of anilines is 4. The van der Waals surface area contributed by atoms with Crippen molar-refractivity contribution < 1.29 is 4.79 Å². The summed E-state index contributed by atoms with van der Waals surface area (Å²) in [6, 6.07) is 16.5. The summed E-state index contributed by atoms with van der Waals surface area (Å²) >= 11 is 6.01. The minimum Gasteiger partial charge on any atom is -0.340 e. The molecular formula is C19H17ClN4O. The van der Waals surface area contributed by atoms with Crippen molar-refractivity contribution in [2.45, 2.75) is 13.8 Å². The summed E-state index contributed by atoms with van der Waals surface area (Å²) in [6.45, 7) is 3.36. The molecule has 0 atom stereocenters. The molecule has 1 aromatic heterocycles. The fraction of sp³-hybridized carbons (Fsp3) is 0.105. The molecule has 0 radical (unpaired) electrons. The second-order valence-electron chi connectivity index (χ2n) is 5.58. The van der Waals surface area contributed by atoms with E-state index in [0.29, 0.717) is 28.0 Å². The van der Waals surface area contributed by atoms with Gasteiger partial charge in [0.05, 0.1) is 0 Å². The van der Waals surface area contributed by atoms with Gasteiger partial charge < -0.3 is 10.6 Å². The van der Waals surface area contributed by atoms with Crippen LogP contribution in [0.2, 0.25) is 5.02 Å². The first-order chi connectivity index (χ1) is 12.0. The van der Waals surface area contributed by atoms with Gasteiger partial charge in [0.25, 0.3) is 0 Å². The minimum atomic E-state index is 0.0193. The third-order valence-corrected chi connectivity index (χ3v) is 3.71. The number of hydrogen-bond donors (Lipinski definition) is 2. The van der Waals surface area contributed by atoms with E-state index >= 15 is 0 Å². The van der Waals surface area contributed by atoms with Gasteiger partial charge in [-0.25, -0.2) is 9.97 Å². The van der Waals surface area contributed by atoms with Crippen LogP contribution in [0.15, 0.2) is 54.6 Å². The highest BCUT2D eigenvalue weighted by atomic mass is 35.5. The molecule has 0 bridgehead atoms. The Kier molecular flexibility index (Phi) is 4.95. The minimum absolute atomic E-state index is 0.0193. The van der Waals surface area contributed by atoms with Crippen LogP contribution < -0.4 is 10.6 Å². The Labute approximate surface area is 151 Å². The molecule has 0 aliphatic heterocycles. The molecule has 0 aliphatic carbocycles. The third kappa shape index (κ3) is 4.55. The second-order valence-corrected chi connectivity index (χ2v) is 6.02. The van der Waals surface area contributed by atoms with Crippen molar-refractivity contribution in [3.8, 4) is 0 Å². The van der Waals surface area contributed by atoms with E-state index < -0.39 is 0 Å². The van der Waals surface area contributed by atoms with Crippen LogP contribution in [0.5, 0.6) is 0 Å². The zero-order valence-electron chi connectivity index (χ0n) is 13.9. The van der Waals surface area contributed by atoms with Crippen LogP contribution >= 0.6 is 11.6 Å². The first-order valence-electron chi connectivity index (χ1n) is 7.76. The lowest BCUT2D eigenvalue weighted by atomic mass is 10.1. The van der Waals surface area contributed by atoms with Gasteiger partial charge in [0.2, 0.25) is 0 Å². The molecule has 3 rings (SSSR count). The van der Waals surface area contributed by atoms with E-state index in [1.807, 2.05) is 43.3 Å². The number of carbonyl (C=O) groups excluding carboxylic acids is 1. The third-order valence-electron chi connectivity index (χ3n) is 3.48. The molecule has 0 aliphatic rings. The van der Waals surface area contributed by atoms with Crippen LogP contribution in [0.4, 0.5) is 23.0 Å². The number of rotatable bonds is 5. The first kappa shape index (κ1) is 16.9. The smallest absolute Gasteiger partial charge is 0.159 e. The average Bonchev–Trinajstić information content (AvgIpc) is 2.54. The number of nitrogens with one attached hydrogen (secondary N) is 2. The van der Waals surface area contributed by atoms with Crippen molar-refractivity contribution in [1.82, 2.24) is 9.97 Å². The Bertz CT molecular complexity index is 927. The zero-order valence-corrected chi connectivity index (χ0v) is 14.6. The van der Waals surface area contributed by atoms with E-state index in [9.17, 15) is 4.79 Å². The van der Waals surface area contributed by atoms with Gasteiger partial charge in [0, 0.05) is 28.0 Å². The zero-order chi connectivity index (χ0) is 17.8. The standard InChI is InChI=1S/C19H17ClN4O/c1-12(25)14-5-3-7-16(9-14)23-18-11-19(22-13(2)21-18)24-17-8-4-6-15(20)10-17/h3-11H,1-2H3,(H2,21,22,23,24). The maximum atomic E-state index is 11.5. The second kappa shape index (κ2) is 7.32. The summed E-state index contributed by atoms with van der Waals surface area (Å²) in [5.74, 6) is 1.93. The van der Waals surface area contributed by atoms with E-state index in [2.05, 4.69) is 20.6 Å². The van der Waals surface area contributed by atoms with Gasteiger partial charge >= 0.3 is 0 Å². The molecule has 5 nitrogen and oxygen atoms in total. The summed E-state index contributed by atoms with van der Waals surface area (Å²) in [5.41, 5.74) is 2.28. The molecule has 2 N–H and O–H groups in total. The number of hydrogen-bond acceptors (Lipinski definition) is 5. The molecule has 0 saturated carbocycles. The number of nitrogens with zero attached hydrogens (tertiary/aromatic N) is 2. The van der Waals surface area contributed by atoms with Crippen LogP contribution in [0, 0.1) is 6.92 Å². The molecule has 0 saturated heterocycles. The van der Waals surface area contributed by atoms with Gasteiger partial charge in [-0.1, -0.05) is 29.8 Å². The van der Waals surface area contributed by atoms with E-state index in [4.69, 9.17) is 11.6 Å². The number of carbonyl (C=O) groups is 1. The van der Waals surface area contributed by atoms with Crippen molar-refractivity contribution in [2.24, 2.45) is 0 Å². The Morgan fingerprint density at radius 3 is 2.12 bits per heavy atom. The van der Waals surface area contributed by atoms with E-state index in [1.54, 1.807) is 25.1 Å². The number of aromatic nitrogens is 2. The lowest BCUT2D eigenvalue weighted by molar-refractivity contribution is 0.101. The van der Waals surface area contributed by atoms with E-state index in [1.165, 1.54) is 0 Å². The number of Topliss-reactive ketones (excluding diaryl/α,β-unsaturated/α-hetero) is 1. The summed E-state index contributed by atoms with van der Waals surface area (Å²) < 4.78 is 0. The Morgan fingerprint density at radius 1 is 0.920 bits per heavy atom. The number of aryl methyl sites for hydroxylation is 1. The Balaban J connectivity index is 1.84. The van der Waals surface area contributed by atoms with Crippen molar-refractivity contribution in [3.05, 3.63) is 71.0 Å². The van der Waals surface area contributed by atoms with Gasteiger partial charge in [0.15, 0.2) is 5.78 Å². The van der Waals surface area contributed by atoms with Gasteiger partial charge in [-0.3, -0.25) is 4.79 Å². The van der Waals surface area contributed by atoms with Crippen molar-refractivity contribution in [2.75, 3.05) is 10.6 Å². The number of ketones is 1. The lowest BCUT2D eigenvalue weighted by Gasteiger charge is -2.11. The maximum absolute atomic E-state index is 11.5. The highest BCUT2D eigenvalue weighted by Crippen LogP contribution is 2.22. The Hall–Kier alpha value is -2.92. The molecule has 126 valence electrons. The van der Waals surface area contributed by atoms with Crippen molar-refractivity contribution >= 4 is 40.4 Å². The molecule has 0 fully saturated rings. The first-order valence-corrected chi connectivity index (χ1v) is 8.14. The molecule has 25 heavy (non-hydrogen) atoms. The summed E-state index contributed by atoms with van der Waals surface area (Å²) in [6.07, 6.45) is 0. The van der Waals surface area contributed by atoms with Crippen LogP contribution in [0.25, 0.3) is 0 Å². The molecule has 3 aromatic rings. The Morgan fingerprint density at radius 2 is 1.52 bits per heavy atom. The molecule has 1 heterocycles. The summed E-state index contributed by atoms with van der Waals surface area (Å²) in [7, 11) is 0. The highest BCUT2D eigenvalue weighted by molar-refractivity contribution is 6.30. The summed E-state index contributed by atoms with van der Waals surface area (Å²) in [4.78, 5) is 20.3. The summed E-state index contributed by atoms with van der Waals surface area (Å²) in [5, 5.41) is 7.07. The maximum Gasteiger partial charge on any atom is 0.159 e. The van der Waals surface area contributed by atoms with Crippen LogP contribution in [-0.4, -0.2) is 15.8 Å². The van der Waals surface area contributed by atoms with Crippen LogP contribution in [0.1, 0.15) is 23.1 Å². The molecular weight excluding hydrogens is 336 g/mol. The monoisotopic (exact) mass is 352 g/mol. The normalized spacial score (nSPS) is 10.4. The predicted octanol–water partition coefficient (Wildman–Crippen LogP) is 5.13. The molecule has 0 amide bonds. The quantitative estimate of drug-likeness (QED) is 0.623. The topological polar surface area (TPSA) is 66.9 Å². The SMILES string of the molecule is CC(=O)c1cccc(Nc2cc(Nc3cccc(Cl)c3)nc(C)n2)c1. The van der Waals surface area contributed by atoms with Crippen molar-refractivity contribution in [3.63, 3.8) is 0 Å². The number of halogens is 1. The highest BCUT2D eigenvalue weighted by Gasteiger charge is 2.05. The van der Waals surface area contributed by atoms with Crippen LogP contribution in [0.3, 0.4) is 0 Å². The predicted molar refractivity (Wildman–Crippen MR) is 101 cm³/mol. The average molecular weight is 353 g/mol. The molecule has 6 heteroatoms. The van der Waals surface area contributed by atoms with Gasteiger partial charge in [-0.05, 0) is 44.2 Å². The molecule has 2 aromatic carbocycles. The van der Waals surface area contributed by atoms with Gasteiger partial charge in [-0.2, -0.15) is 0 Å². The fourth-order valence-electron chi connectivity index (χ4n) is 2.37.